The number of ether oxygens (including phenoxy) is 1. The van der Waals surface area contributed by atoms with Gasteiger partial charge in [-0.1, -0.05) is 23.2 Å². The Hall–Kier alpha value is -3.62. The number of phenols is 1. The Morgan fingerprint density at radius 2 is 2.03 bits per heavy atom. The van der Waals surface area contributed by atoms with Gasteiger partial charge in [0.2, 0.25) is 5.89 Å². The summed E-state index contributed by atoms with van der Waals surface area (Å²) in [6.07, 6.45) is 1.32. The van der Waals surface area contributed by atoms with Gasteiger partial charge in [-0.3, -0.25) is 15.1 Å². The first kappa shape index (κ1) is 21.6. The van der Waals surface area contributed by atoms with Gasteiger partial charge in [0.25, 0.3) is 5.69 Å². The van der Waals surface area contributed by atoms with Crippen molar-refractivity contribution in [3.63, 3.8) is 0 Å². The molecular formula is C22H15Cl2N3O5. The number of hydrogen-bond acceptors (Lipinski definition) is 7. The lowest BCUT2D eigenvalue weighted by Gasteiger charge is -2.07. The molecular weight excluding hydrogens is 457 g/mol. The van der Waals surface area contributed by atoms with Crippen LogP contribution < -0.4 is 4.74 Å². The first-order chi connectivity index (χ1) is 15.4. The number of aliphatic imine (C=N–C) groups is 1. The normalized spacial score (nSPS) is 11.3. The smallest absolute Gasteiger partial charge is 0.274 e. The second-order valence-corrected chi connectivity index (χ2v) is 7.47. The Kier molecular flexibility index (Phi) is 5.98. The minimum absolute atomic E-state index is 0.0122. The molecule has 1 heterocycles. The number of oxazole rings is 1. The maximum absolute atomic E-state index is 11.2. The number of hydrogen-bond donors (Lipinski definition) is 1. The highest BCUT2D eigenvalue weighted by atomic mass is 35.5. The van der Waals surface area contributed by atoms with Crippen molar-refractivity contribution in [1.29, 1.82) is 0 Å². The number of aromatic nitrogens is 1. The van der Waals surface area contributed by atoms with Gasteiger partial charge in [0, 0.05) is 22.9 Å². The van der Waals surface area contributed by atoms with Crippen LogP contribution in [0.4, 0.5) is 11.4 Å². The molecule has 0 aliphatic rings. The largest absolute Gasteiger partial charge is 0.504 e. The van der Waals surface area contributed by atoms with Crippen molar-refractivity contribution >= 4 is 51.9 Å². The third-order valence-electron chi connectivity index (χ3n) is 4.48. The zero-order chi connectivity index (χ0) is 22.8. The second kappa shape index (κ2) is 8.86. The first-order valence-corrected chi connectivity index (χ1v) is 10.2. The molecule has 0 saturated carbocycles. The summed E-state index contributed by atoms with van der Waals surface area (Å²) in [4.78, 5) is 19.4. The van der Waals surface area contributed by atoms with E-state index in [1.54, 1.807) is 43.3 Å². The van der Waals surface area contributed by atoms with Crippen molar-refractivity contribution in [3.05, 3.63) is 74.3 Å². The van der Waals surface area contributed by atoms with Crippen molar-refractivity contribution in [2.24, 2.45) is 4.99 Å². The summed E-state index contributed by atoms with van der Waals surface area (Å²) in [7, 11) is 0. The zero-order valence-corrected chi connectivity index (χ0v) is 18.1. The van der Waals surface area contributed by atoms with Gasteiger partial charge in [0.15, 0.2) is 17.1 Å². The van der Waals surface area contributed by atoms with Gasteiger partial charge in [-0.2, -0.15) is 0 Å². The van der Waals surface area contributed by atoms with Gasteiger partial charge < -0.3 is 14.3 Å². The molecule has 1 N–H and O–H groups in total. The molecule has 0 spiro atoms. The van der Waals surface area contributed by atoms with Gasteiger partial charge in [0.05, 0.1) is 33.9 Å². The predicted octanol–water partition coefficient (Wildman–Crippen LogP) is 6.56. The Balaban J connectivity index is 1.69. The maximum atomic E-state index is 11.2. The molecule has 10 heteroatoms. The van der Waals surface area contributed by atoms with Gasteiger partial charge in [-0.15, -0.1) is 0 Å². The van der Waals surface area contributed by atoms with Crippen LogP contribution in [0, 0.1) is 10.1 Å². The lowest BCUT2D eigenvalue weighted by Crippen LogP contribution is -1.97. The third-order valence-corrected chi connectivity index (χ3v) is 5.05. The highest BCUT2D eigenvalue weighted by molar-refractivity contribution is 6.35. The second-order valence-electron chi connectivity index (χ2n) is 6.63. The van der Waals surface area contributed by atoms with Crippen molar-refractivity contribution in [2.45, 2.75) is 6.92 Å². The predicted molar refractivity (Wildman–Crippen MR) is 123 cm³/mol. The lowest BCUT2D eigenvalue weighted by atomic mass is 10.1. The van der Waals surface area contributed by atoms with E-state index in [2.05, 4.69) is 9.98 Å². The number of rotatable bonds is 6. The van der Waals surface area contributed by atoms with Crippen LogP contribution in [-0.2, 0) is 0 Å². The molecule has 0 radical (unpaired) electrons. The van der Waals surface area contributed by atoms with Crippen molar-refractivity contribution < 1.29 is 19.2 Å². The van der Waals surface area contributed by atoms with Crippen molar-refractivity contribution in [2.75, 3.05) is 6.61 Å². The lowest BCUT2D eigenvalue weighted by molar-refractivity contribution is -0.385. The number of non-ortho nitro benzene ring substituents is 1. The topological polar surface area (TPSA) is 111 Å². The summed E-state index contributed by atoms with van der Waals surface area (Å²) >= 11 is 12.3. The highest BCUT2D eigenvalue weighted by Crippen LogP contribution is 2.35. The summed E-state index contributed by atoms with van der Waals surface area (Å²) in [5, 5.41) is 22.5. The fraction of sp³-hybridized carbons (Fsp3) is 0.0909. The van der Waals surface area contributed by atoms with Gasteiger partial charge in [-0.05, 0) is 43.3 Å². The number of nitrogens with zero attached hydrogens (tertiary/aromatic N) is 3. The van der Waals surface area contributed by atoms with E-state index >= 15 is 0 Å². The molecule has 0 aliphatic heterocycles. The number of halogens is 2. The standard InChI is InChI=1S/C22H15Cl2N3O5/c1-2-31-20-10-15(27(29)30)7-12(21(20)28)11-25-14-4-6-19-18(9-14)26-22(32-19)16-8-13(23)3-5-17(16)24/h3-11,28H,2H2,1H3. The SMILES string of the molecule is CCOc1cc([N+](=O)[O-])cc(C=Nc2ccc3oc(-c4cc(Cl)ccc4Cl)nc3c2)c1O. The Morgan fingerprint density at radius 3 is 2.78 bits per heavy atom. The van der Waals surface area contributed by atoms with Gasteiger partial charge in [-0.25, -0.2) is 4.98 Å². The van der Waals surface area contributed by atoms with Crippen LogP contribution in [-0.4, -0.2) is 27.8 Å². The molecule has 4 aromatic rings. The molecule has 0 fully saturated rings. The molecule has 0 amide bonds. The minimum atomic E-state index is -0.566. The molecule has 0 aliphatic carbocycles. The van der Waals surface area contributed by atoms with Crippen molar-refractivity contribution in [1.82, 2.24) is 4.98 Å². The molecule has 4 rings (SSSR count). The number of benzene rings is 3. The van der Waals surface area contributed by atoms with Gasteiger partial charge >= 0.3 is 0 Å². The molecule has 3 aromatic carbocycles. The van der Waals surface area contributed by atoms with Crippen LogP contribution in [0.5, 0.6) is 11.5 Å². The monoisotopic (exact) mass is 471 g/mol. The summed E-state index contributed by atoms with van der Waals surface area (Å²) in [5.41, 5.74) is 2.04. The van der Waals surface area contributed by atoms with E-state index in [-0.39, 0.29) is 29.4 Å². The van der Waals surface area contributed by atoms with Crippen LogP contribution in [0.3, 0.4) is 0 Å². The summed E-state index contributed by atoms with van der Waals surface area (Å²) in [6, 6.07) is 12.4. The number of nitro groups is 1. The summed E-state index contributed by atoms with van der Waals surface area (Å²) in [6.45, 7) is 1.96. The highest BCUT2D eigenvalue weighted by Gasteiger charge is 2.17. The fourth-order valence-electron chi connectivity index (χ4n) is 3.00. The molecule has 0 bridgehead atoms. The van der Waals surface area contributed by atoms with Crippen LogP contribution in [0.25, 0.3) is 22.6 Å². The Morgan fingerprint density at radius 1 is 1.22 bits per heavy atom. The van der Waals surface area contributed by atoms with Gasteiger partial charge in [0.1, 0.15) is 5.52 Å². The van der Waals surface area contributed by atoms with Crippen LogP contribution >= 0.6 is 23.2 Å². The van der Waals surface area contributed by atoms with Crippen LogP contribution in [0.2, 0.25) is 10.0 Å². The number of fused-ring (bicyclic) bond motifs is 1. The van der Waals surface area contributed by atoms with E-state index in [1.165, 1.54) is 18.3 Å². The van der Waals surface area contributed by atoms with E-state index in [0.29, 0.717) is 38.3 Å². The average molecular weight is 472 g/mol. The first-order valence-electron chi connectivity index (χ1n) is 9.40. The fourth-order valence-corrected chi connectivity index (χ4v) is 3.37. The maximum Gasteiger partial charge on any atom is 0.274 e. The summed E-state index contributed by atoms with van der Waals surface area (Å²) < 4.78 is 11.1. The molecule has 32 heavy (non-hydrogen) atoms. The molecule has 0 saturated heterocycles. The third kappa shape index (κ3) is 4.37. The number of nitro benzene ring substituents is 1. The van der Waals surface area contributed by atoms with Crippen molar-refractivity contribution in [3.8, 4) is 23.0 Å². The Labute approximate surface area is 191 Å². The molecule has 0 atom stereocenters. The van der Waals surface area contributed by atoms with E-state index in [1.807, 2.05) is 0 Å². The zero-order valence-electron chi connectivity index (χ0n) is 16.6. The summed E-state index contributed by atoms with van der Waals surface area (Å²) in [5.74, 6) is 0.0889. The minimum Gasteiger partial charge on any atom is -0.504 e. The molecule has 0 unspecified atom stereocenters. The van der Waals surface area contributed by atoms with E-state index in [0.717, 1.165) is 0 Å². The average Bonchev–Trinajstić information content (AvgIpc) is 3.19. The molecule has 1 aromatic heterocycles. The van der Waals surface area contributed by atoms with E-state index in [9.17, 15) is 15.2 Å². The molecule has 162 valence electrons. The quantitative estimate of drug-likeness (QED) is 0.193. The number of phenolic OH excluding ortho intramolecular Hbond substituents is 1. The van der Waals surface area contributed by atoms with E-state index in [4.69, 9.17) is 32.4 Å². The number of aromatic hydroxyl groups is 1. The van der Waals surface area contributed by atoms with E-state index < -0.39 is 4.92 Å². The van der Waals surface area contributed by atoms with Crippen LogP contribution in [0.15, 0.2) is 57.9 Å². The molecule has 8 nitrogen and oxygen atoms in total. The Bertz CT molecular complexity index is 1370. The van der Waals surface area contributed by atoms with Crippen LogP contribution in [0.1, 0.15) is 12.5 Å².